The Bertz CT molecular complexity index is 717. The maximum atomic E-state index is 12.9. The summed E-state index contributed by atoms with van der Waals surface area (Å²) in [6.45, 7) is 3.67. The van der Waals surface area contributed by atoms with Gasteiger partial charge in [-0.3, -0.25) is 0 Å². The van der Waals surface area contributed by atoms with E-state index < -0.39 is 0 Å². The third kappa shape index (κ3) is 5.69. The largest absolute Gasteiger partial charge is 0.475 e. The lowest BCUT2D eigenvalue weighted by Gasteiger charge is -2.29. The average molecular weight is 369 g/mol. The third-order valence-electron chi connectivity index (χ3n) is 4.78. The zero-order chi connectivity index (χ0) is 19.1. The van der Waals surface area contributed by atoms with Gasteiger partial charge in [0.1, 0.15) is 6.61 Å². The predicted molar refractivity (Wildman–Crippen MR) is 105 cm³/mol. The van der Waals surface area contributed by atoms with Gasteiger partial charge in [0.15, 0.2) is 0 Å². The highest BCUT2D eigenvalue weighted by molar-refractivity contribution is 5.89. The summed E-state index contributed by atoms with van der Waals surface area (Å²) in [5, 5.41) is 2.96. The second-order valence-electron chi connectivity index (χ2n) is 6.85. The number of carbonyl (C=O) groups excluding carboxylic acids is 1. The Hall–Kier alpha value is -2.60. The first kappa shape index (κ1) is 19.2. The first-order chi connectivity index (χ1) is 13.2. The molecule has 1 aliphatic rings. The summed E-state index contributed by atoms with van der Waals surface area (Å²) in [7, 11) is 1.62. The molecule has 3 rings (SSSR count). The van der Waals surface area contributed by atoms with Gasteiger partial charge in [0.25, 0.3) is 0 Å². The van der Waals surface area contributed by atoms with E-state index >= 15 is 0 Å². The third-order valence-corrected chi connectivity index (χ3v) is 4.78. The van der Waals surface area contributed by atoms with Crippen molar-refractivity contribution in [1.29, 1.82) is 0 Å². The topological polar surface area (TPSA) is 63.7 Å². The van der Waals surface area contributed by atoms with E-state index in [0.29, 0.717) is 37.2 Å². The van der Waals surface area contributed by atoms with E-state index in [2.05, 4.69) is 17.2 Å². The van der Waals surface area contributed by atoms with Gasteiger partial charge >= 0.3 is 6.03 Å². The van der Waals surface area contributed by atoms with Crippen LogP contribution in [0.15, 0.2) is 48.7 Å². The molecule has 0 aliphatic heterocycles. The molecule has 6 nitrogen and oxygen atoms in total. The molecule has 1 aromatic heterocycles. The van der Waals surface area contributed by atoms with E-state index in [0.717, 1.165) is 5.56 Å². The number of benzene rings is 1. The Balaban J connectivity index is 1.63. The van der Waals surface area contributed by atoms with E-state index in [-0.39, 0.29) is 12.1 Å². The molecule has 0 saturated heterocycles. The molecular weight excluding hydrogens is 342 g/mol. The molecule has 1 N–H and O–H groups in total. The zero-order valence-corrected chi connectivity index (χ0v) is 15.9. The second-order valence-corrected chi connectivity index (χ2v) is 6.85. The molecule has 1 fully saturated rings. The number of nitrogens with zero attached hydrogens (tertiary/aromatic N) is 2. The number of pyridine rings is 1. The van der Waals surface area contributed by atoms with Crippen molar-refractivity contribution >= 4 is 11.7 Å². The fourth-order valence-corrected chi connectivity index (χ4v) is 2.98. The SMILES string of the molecule is COCCOc1ccc(NC(=O)N(Cc2ccccc2)C(C)C2CC2)cn1. The van der Waals surface area contributed by atoms with Crippen molar-refractivity contribution in [3.05, 3.63) is 54.2 Å². The van der Waals surface area contributed by atoms with Gasteiger partial charge in [-0.05, 0) is 37.3 Å². The quantitative estimate of drug-likeness (QED) is 0.680. The molecule has 1 unspecified atom stereocenters. The van der Waals surface area contributed by atoms with Gasteiger partial charge in [-0.2, -0.15) is 0 Å². The molecule has 1 aromatic carbocycles. The van der Waals surface area contributed by atoms with Crippen LogP contribution in [0.1, 0.15) is 25.3 Å². The van der Waals surface area contributed by atoms with Gasteiger partial charge in [-0.25, -0.2) is 9.78 Å². The van der Waals surface area contributed by atoms with Crippen LogP contribution >= 0.6 is 0 Å². The highest BCUT2D eigenvalue weighted by Gasteiger charge is 2.34. The minimum absolute atomic E-state index is 0.104. The lowest BCUT2D eigenvalue weighted by Crippen LogP contribution is -2.42. The summed E-state index contributed by atoms with van der Waals surface area (Å²) in [6.07, 6.45) is 3.99. The number of hydrogen-bond donors (Lipinski definition) is 1. The van der Waals surface area contributed by atoms with E-state index in [1.165, 1.54) is 12.8 Å². The van der Waals surface area contributed by atoms with Crippen LogP contribution in [0.4, 0.5) is 10.5 Å². The van der Waals surface area contributed by atoms with Crippen LogP contribution in [-0.2, 0) is 11.3 Å². The van der Waals surface area contributed by atoms with E-state index in [1.807, 2.05) is 35.2 Å². The molecule has 0 spiro atoms. The standard InChI is InChI=1S/C21H27N3O3/c1-16(18-8-9-18)24(15-17-6-4-3-5-7-17)21(25)23-19-10-11-20(22-14-19)27-13-12-26-2/h3-7,10-11,14,16,18H,8-9,12-13,15H2,1-2H3,(H,23,25). The first-order valence-corrected chi connectivity index (χ1v) is 9.36. The molecule has 144 valence electrons. The number of hydrogen-bond acceptors (Lipinski definition) is 4. The molecule has 6 heteroatoms. The van der Waals surface area contributed by atoms with Crippen LogP contribution in [0.2, 0.25) is 0 Å². The molecule has 0 radical (unpaired) electrons. The summed E-state index contributed by atoms with van der Waals surface area (Å²) in [4.78, 5) is 19.1. The van der Waals surface area contributed by atoms with E-state index in [9.17, 15) is 4.79 Å². The summed E-state index contributed by atoms with van der Waals surface area (Å²) < 4.78 is 10.4. The Kier molecular flexibility index (Phi) is 6.65. The van der Waals surface area contributed by atoms with Gasteiger partial charge in [-0.1, -0.05) is 30.3 Å². The fourth-order valence-electron chi connectivity index (χ4n) is 2.98. The summed E-state index contributed by atoms with van der Waals surface area (Å²) >= 11 is 0. The molecule has 1 saturated carbocycles. The van der Waals surface area contributed by atoms with E-state index in [4.69, 9.17) is 9.47 Å². The lowest BCUT2D eigenvalue weighted by atomic mass is 10.1. The molecule has 1 aliphatic carbocycles. The van der Waals surface area contributed by atoms with Gasteiger partial charge in [-0.15, -0.1) is 0 Å². The van der Waals surface area contributed by atoms with Crippen molar-refractivity contribution in [1.82, 2.24) is 9.88 Å². The summed E-state index contributed by atoms with van der Waals surface area (Å²) in [5.41, 5.74) is 1.78. The highest BCUT2D eigenvalue weighted by atomic mass is 16.5. The number of anilines is 1. The molecule has 1 atom stereocenters. The second kappa shape index (κ2) is 9.37. The molecule has 2 aromatic rings. The van der Waals surface area contributed by atoms with Gasteiger partial charge in [0.2, 0.25) is 5.88 Å². The highest BCUT2D eigenvalue weighted by Crippen LogP contribution is 2.36. The monoisotopic (exact) mass is 369 g/mol. The van der Waals surface area contributed by atoms with Crippen molar-refractivity contribution in [2.45, 2.75) is 32.4 Å². The lowest BCUT2D eigenvalue weighted by molar-refractivity contribution is 0.144. The van der Waals surface area contributed by atoms with Gasteiger partial charge in [0, 0.05) is 25.8 Å². The van der Waals surface area contributed by atoms with Crippen LogP contribution in [0.5, 0.6) is 5.88 Å². The Morgan fingerprint density at radius 3 is 2.63 bits per heavy atom. The van der Waals surface area contributed by atoms with Crippen LogP contribution in [0.3, 0.4) is 0 Å². The number of aromatic nitrogens is 1. The normalized spacial score (nSPS) is 14.4. The first-order valence-electron chi connectivity index (χ1n) is 9.36. The molecular formula is C21H27N3O3. The zero-order valence-electron chi connectivity index (χ0n) is 15.9. The number of nitrogens with one attached hydrogen (secondary N) is 1. The molecule has 2 amide bonds. The number of urea groups is 1. The minimum atomic E-state index is -0.104. The predicted octanol–water partition coefficient (Wildman–Crippen LogP) is 3.94. The maximum Gasteiger partial charge on any atom is 0.322 e. The van der Waals surface area contributed by atoms with Crippen molar-refractivity contribution in [2.75, 3.05) is 25.6 Å². The van der Waals surface area contributed by atoms with Gasteiger partial charge < -0.3 is 19.7 Å². The fraction of sp³-hybridized carbons (Fsp3) is 0.429. The van der Waals surface area contributed by atoms with Crippen LogP contribution in [0, 0.1) is 5.92 Å². The summed E-state index contributed by atoms with van der Waals surface area (Å²) in [6, 6.07) is 13.7. The van der Waals surface area contributed by atoms with Gasteiger partial charge in [0.05, 0.1) is 18.5 Å². The average Bonchev–Trinajstić information content (AvgIpc) is 3.53. The number of amides is 2. The Morgan fingerprint density at radius 1 is 1.22 bits per heavy atom. The van der Waals surface area contributed by atoms with Crippen molar-refractivity contribution in [3.63, 3.8) is 0 Å². The Labute approximate surface area is 160 Å². The summed E-state index contributed by atoms with van der Waals surface area (Å²) in [5.74, 6) is 1.10. The molecule has 1 heterocycles. The number of ether oxygens (including phenoxy) is 2. The van der Waals surface area contributed by atoms with Crippen LogP contribution < -0.4 is 10.1 Å². The van der Waals surface area contributed by atoms with Crippen LogP contribution in [-0.4, -0.2) is 42.3 Å². The van der Waals surface area contributed by atoms with Crippen LogP contribution in [0.25, 0.3) is 0 Å². The van der Waals surface area contributed by atoms with E-state index in [1.54, 1.807) is 25.4 Å². The number of methoxy groups -OCH3 is 1. The maximum absolute atomic E-state index is 12.9. The molecule has 27 heavy (non-hydrogen) atoms. The van der Waals surface area contributed by atoms with Crippen molar-refractivity contribution in [2.24, 2.45) is 5.92 Å². The smallest absolute Gasteiger partial charge is 0.322 e. The number of carbonyl (C=O) groups is 1. The molecule has 0 bridgehead atoms. The van der Waals surface area contributed by atoms with Crippen molar-refractivity contribution < 1.29 is 14.3 Å². The minimum Gasteiger partial charge on any atom is -0.475 e. The van der Waals surface area contributed by atoms with Crippen molar-refractivity contribution in [3.8, 4) is 5.88 Å². The number of rotatable bonds is 9. The Morgan fingerprint density at radius 2 is 2.00 bits per heavy atom.